The topological polar surface area (TPSA) is 138 Å². The second-order valence-electron chi connectivity index (χ2n) is 6.50. The van der Waals surface area contributed by atoms with Gasteiger partial charge in [0.1, 0.15) is 6.54 Å². The molecule has 3 rings (SSSR count). The highest BCUT2D eigenvalue weighted by atomic mass is 32.2. The van der Waals surface area contributed by atoms with Crippen LogP contribution in [0.5, 0.6) is 0 Å². The van der Waals surface area contributed by atoms with E-state index < -0.39 is 26.6 Å². The number of ether oxygens (including phenoxy) is 1. The number of sulfone groups is 1. The maximum Gasteiger partial charge on any atom is 0.326 e. The van der Waals surface area contributed by atoms with Crippen LogP contribution in [0.15, 0.2) is 52.4 Å². The molecule has 32 heavy (non-hydrogen) atoms. The second kappa shape index (κ2) is 9.40. The molecule has 0 N–H and O–H groups in total. The van der Waals surface area contributed by atoms with Gasteiger partial charge in [0.2, 0.25) is 0 Å². The van der Waals surface area contributed by atoms with Gasteiger partial charge in [-0.1, -0.05) is 30.4 Å². The Hall–Kier alpha value is -3.38. The highest BCUT2D eigenvalue weighted by Gasteiger charge is 2.21. The van der Waals surface area contributed by atoms with Crippen molar-refractivity contribution in [3.63, 3.8) is 0 Å². The highest BCUT2D eigenvalue weighted by Crippen LogP contribution is 2.24. The van der Waals surface area contributed by atoms with Crippen LogP contribution >= 0.6 is 11.3 Å². The summed E-state index contributed by atoms with van der Waals surface area (Å²) >= 11 is 1.04. The van der Waals surface area contributed by atoms with Crippen LogP contribution in [0.4, 0.5) is 5.69 Å². The lowest BCUT2D eigenvalue weighted by molar-refractivity contribution is -0.384. The van der Waals surface area contributed by atoms with Gasteiger partial charge >= 0.3 is 5.97 Å². The molecule has 0 aliphatic rings. The molecule has 1 aromatic heterocycles. The van der Waals surface area contributed by atoms with E-state index in [-0.39, 0.29) is 39.9 Å². The van der Waals surface area contributed by atoms with Gasteiger partial charge in [-0.15, -0.1) is 0 Å². The minimum atomic E-state index is -3.68. The van der Waals surface area contributed by atoms with Gasteiger partial charge in [-0.3, -0.25) is 19.7 Å². The number of hydrogen-bond donors (Lipinski definition) is 0. The number of nitro benzene ring substituents is 1. The van der Waals surface area contributed by atoms with E-state index in [1.807, 2.05) is 0 Å². The van der Waals surface area contributed by atoms with Gasteiger partial charge < -0.3 is 9.30 Å². The molecule has 0 aliphatic carbocycles. The molecular weight excluding hydrogens is 458 g/mol. The standard InChI is InChI=1S/C20H19N3O7S2/c1-3-30-18(24)12-22-15-11-13(23(26)27)9-10-16(15)31-20(22)21-19(25)14-7-5-6-8-17(14)32(28,29)4-2/h5-11H,3-4,12H2,1-2H3. The van der Waals surface area contributed by atoms with Crippen molar-refractivity contribution in [1.29, 1.82) is 0 Å². The average Bonchev–Trinajstić information content (AvgIpc) is 3.09. The number of esters is 1. The zero-order valence-corrected chi connectivity index (χ0v) is 18.8. The van der Waals surface area contributed by atoms with Gasteiger partial charge in [0, 0.05) is 12.1 Å². The molecule has 0 bridgehead atoms. The average molecular weight is 478 g/mol. The molecular formula is C20H19N3O7S2. The first-order valence-electron chi connectivity index (χ1n) is 9.52. The first-order chi connectivity index (χ1) is 15.2. The summed E-state index contributed by atoms with van der Waals surface area (Å²) in [5.74, 6) is -1.61. The van der Waals surface area contributed by atoms with Crippen molar-refractivity contribution in [2.45, 2.75) is 25.3 Å². The van der Waals surface area contributed by atoms with Crippen molar-refractivity contribution < 1.29 is 27.7 Å². The number of amides is 1. The minimum absolute atomic E-state index is 0.0854. The lowest BCUT2D eigenvalue weighted by Gasteiger charge is -2.07. The zero-order chi connectivity index (χ0) is 23.5. The van der Waals surface area contributed by atoms with Gasteiger partial charge in [0.25, 0.3) is 11.6 Å². The van der Waals surface area contributed by atoms with Crippen molar-refractivity contribution in [2.24, 2.45) is 4.99 Å². The molecule has 0 atom stereocenters. The summed E-state index contributed by atoms with van der Waals surface area (Å²) in [5, 5.41) is 11.2. The Bertz CT molecular complexity index is 1390. The Labute approximate surface area is 186 Å². The molecule has 0 fully saturated rings. The fourth-order valence-corrected chi connectivity index (χ4v) is 5.06. The molecule has 3 aromatic rings. The fraction of sp³-hybridized carbons (Fsp3) is 0.250. The number of aromatic nitrogens is 1. The lowest BCUT2D eigenvalue weighted by atomic mass is 10.2. The number of thiazole rings is 1. The Morgan fingerprint density at radius 3 is 2.56 bits per heavy atom. The number of fused-ring (bicyclic) bond motifs is 1. The van der Waals surface area contributed by atoms with Gasteiger partial charge in [0.05, 0.1) is 38.0 Å². The minimum Gasteiger partial charge on any atom is -0.465 e. The summed E-state index contributed by atoms with van der Waals surface area (Å²) in [6.45, 7) is 2.92. The molecule has 1 heterocycles. The number of non-ortho nitro benzene ring substituents is 1. The molecule has 0 aliphatic heterocycles. The molecule has 0 unspecified atom stereocenters. The second-order valence-corrected chi connectivity index (χ2v) is 9.76. The van der Waals surface area contributed by atoms with E-state index in [0.29, 0.717) is 10.2 Å². The third-order valence-electron chi connectivity index (χ3n) is 4.50. The molecule has 0 saturated carbocycles. The third kappa shape index (κ3) is 4.75. The number of hydrogen-bond acceptors (Lipinski definition) is 8. The van der Waals surface area contributed by atoms with Crippen LogP contribution in [0.3, 0.4) is 0 Å². The van der Waals surface area contributed by atoms with Crippen LogP contribution in [0.1, 0.15) is 24.2 Å². The molecule has 0 saturated heterocycles. The maximum atomic E-state index is 13.0. The SMILES string of the molecule is CCOC(=O)Cn1c(=NC(=O)c2ccccc2S(=O)(=O)CC)sc2ccc([N+](=O)[O-])cc21. The number of benzene rings is 2. The van der Waals surface area contributed by atoms with E-state index in [4.69, 9.17) is 4.74 Å². The van der Waals surface area contributed by atoms with Crippen molar-refractivity contribution in [3.8, 4) is 0 Å². The number of carbonyl (C=O) groups is 2. The first kappa shape index (κ1) is 23.3. The summed E-state index contributed by atoms with van der Waals surface area (Å²) in [6.07, 6.45) is 0. The van der Waals surface area contributed by atoms with Crippen LogP contribution in [0.25, 0.3) is 10.2 Å². The van der Waals surface area contributed by atoms with E-state index in [9.17, 15) is 28.1 Å². The van der Waals surface area contributed by atoms with E-state index >= 15 is 0 Å². The molecule has 168 valence electrons. The van der Waals surface area contributed by atoms with Gasteiger partial charge in [-0.25, -0.2) is 8.42 Å². The zero-order valence-electron chi connectivity index (χ0n) is 17.2. The largest absolute Gasteiger partial charge is 0.465 e. The number of nitro groups is 1. The van der Waals surface area contributed by atoms with E-state index in [0.717, 1.165) is 11.3 Å². The van der Waals surface area contributed by atoms with Crippen molar-refractivity contribution in [2.75, 3.05) is 12.4 Å². The number of nitrogens with zero attached hydrogens (tertiary/aromatic N) is 3. The smallest absolute Gasteiger partial charge is 0.326 e. The van der Waals surface area contributed by atoms with Crippen molar-refractivity contribution >= 4 is 49.0 Å². The quantitative estimate of drug-likeness (QED) is 0.290. The number of rotatable bonds is 7. The third-order valence-corrected chi connectivity index (χ3v) is 7.34. The van der Waals surface area contributed by atoms with Crippen molar-refractivity contribution in [1.82, 2.24) is 4.57 Å². The predicted octanol–water partition coefficient (Wildman–Crippen LogP) is 2.71. The molecule has 2 aromatic carbocycles. The summed E-state index contributed by atoms with van der Waals surface area (Å²) in [6, 6.07) is 9.83. The molecule has 10 nitrogen and oxygen atoms in total. The Kier molecular flexibility index (Phi) is 6.84. The normalized spacial score (nSPS) is 12.1. The number of carbonyl (C=O) groups excluding carboxylic acids is 2. The van der Waals surface area contributed by atoms with Gasteiger partial charge in [-0.2, -0.15) is 4.99 Å². The van der Waals surface area contributed by atoms with Crippen molar-refractivity contribution in [3.05, 3.63) is 62.9 Å². The monoisotopic (exact) mass is 477 g/mol. The fourth-order valence-electron chi connectivity index (χ4n) is 2.96. The van der Waals surface area contributed by atoms with Crippen LogP contribution in [-0.2, 0) is 25.9 Å². The summed E-state index contributed by atoms with van der Waals surface area (Å²) in [4.78, 5) is 39.7. The van der Waals surface area contributed by atoms with E-state index in [1.165, 1.54) is 54.0 Å². The van der Waals surface area contributed by atoms with Crippen LogP contribution < -0.4 is 4.80 Å². The summed E-state index contributed by atoms with van der Waals surface area (Å²) < 4.78 is 31.6. The predicted molar refractivity (Wildman–Crippen MR) is 117 cm³/mol. The highest BCUT2D eigenvalue weighted by molar-refractivity contribution is 7.91. The van der Waals surface area contributed by atoms with E-state index in [1.54, 1.807) is 6.92 Å². The Balaban J connectivity index is 2.21. The molecule has 0 spiro atoms. The van der Waals surface area contributed by atoms with Gasteiger partial charge in [-0.05, 0) is 25.1 Å². The van der Waals surface area contributed by atoms with E-state index in [2.05, 4.69) is 4.99 Å². The molecule has 1 amide bonds. The Morgan fingerprint density at radius 2 is 1.91 bits per heavy atom. The lowest BCUT2D eigenvalue weighted by Crippen LogP contribution is -2.23. The van der Waals surface area contributed by atoms with Crippen LogP contribution in [0, 0.1) is 10.1 Å². The molecule has 12 heteroatoms. The summed E-state index contributed by atoms with van der Waals surface area (Å²) in [7, 11) is -3.68. The van der Waals surface area contributed by atoms with Crippen LogP contribution in [-0.4, -0.2) is 42.1 Å². The maximum absolute atomic E-state index is 13.0. The Morgan fingerprint density at radius 1 is 1.19 bits per heavy atom. The first-order valence-corrected chi connectivity index (χ1v) is 12.0. The summed E-state index contributed by atoms with van der Waals surface area (Å²) in [5.41, 5.74) is 0.0453. The molecule has 0 radical (unpaired) electrons. The van der Waals surface area contributed by atoms with Crippen LogP contribution in [0.2, 0.25) is 0 Å². The van der Waals surface area contributed by atoms with Gasteiger partial charge in [0.15, 0.2) is 14.6 Å².